The third-order valence-corrected chi connectivity index (χ3v) is 2.78. The number of hydrogen-bond acceptors (Lipinski definition) is 4. The van der Waals surface area contributed by atoms with Crippen molar-refractivity contribution in [2.24, 2.45) is 7.05 Å². The van der Waals surface area contributed by atoms with Gasteiger partial charge in [-0.3, -0.25) is 4.68 Å². The minimum atomic E-state index is 0.137. The SMILES string of the molecule is CC(C)Oc1cc(N)cc(NCCc2ccn(C)n2)c1. The monoisotopic (exact) mass is 274 g/mol. The van der Waals surface area contributed by atoms with Gasteiger partial charge in [-0.05, 0) is 26.0 Å². The van der Waals surface area contributed by atoms with Gasteiger partial charge in [-0.2, -0.15) is 5.10 Å². The van der Waals surface area contributed by atoms with Crippen molar-refractivity contribution in [3.63, 3.8) is 0 Å². The predicted molar refractivity (Wildman–Crippen MR) is 82.0 cm³/mol. The van der Waals surface area contributed by atoms with Gasteiger partial charge >= 0.3 is 0 Å². The van der Waals surface area contributed by atoms with Crippen molar-refractivity contribution in [3.05, 3.63) is 36.2 Å². The van der Waals surface area contributed by atoms with Crippen LogP contribution in [0, 0.1) is 0 Å². The van der Waals surface area contributed by atoms with Crippen LogP contribution < -0.4 is 15.8 Å². The zero-order valence-electron chi connectivity index (χ0n) is 12.3. The number of aromatic nitrogens is 2. The van der Waals surface area contributed by atoms with Crippen molar-refractivity contribution in [1.29, 1.82) is 0 Å². The molecule has 5 nitrogen and oxygen atoms in total. The molecule has 0 saturated carbocycles. The number of nitrogen functional groups attached to an aromatic ring is 1. The number of anilines is 2. The molecule has 0 aliphatic heterocycles. The molecule has 20 heavy (non-hydrogen) atoms. The molecule has 2 rings (SSSR count). The van der Waals surface area contributed by atoms with Crippen LogP contribution in [0.25, 0.3) is 0 Å². The van der Waals surface area contributed by atoms with Crippen LogP contribution in [0.1, 0.15) is 19.5 Å². The molecule has 0 bridgehead atoms. The number of nitrogens with two attached hydrogens (primary N) is 1. The van der Waals surface area contributed by atoms with Crippen LogP contribution in [-0.4, -0.2) is 22.4 Å². The Labute approximate surface area is 119 Å². The molecule has 0 atom stereocenters. The summed E-state index contributed by atoms with van der Waals surface area (Å²) in [7, 11) is 1.92. The molecule has 3 N–H and O–H groups in total. The Morgan fingerprint density at radius 3 is 2.80 bits per heavy atom. The Morgan fingerprint density at radius 2 is 2.15 bits per heavy atom. The van der Waals surface area contributed by atoms with Crippen LogP contribution in [-0.2, 0) is 13.5 Å². The summed E-state index contributed by atoms with van der Waals surface area (Å²) < 4.78 is 7.48. The van der Waals surface area contributed by atoms with Crippen molar-refractivity contribution in [3.8, 4) is 5.75 Å². The van der Waals surface area contributed by atoms with E-state index < -0.39 is 0 Å². The molecule has 0 amide bonds. The van der Waals surface area contributed by atoms with Gasteiger partial charge in [0.15, 0.2) is 0 Å². The van der Waals surface area contributed by atoms with Crippen LogP contribution >= 0.6 is 0 Å². The van der Waals surface area contributed by atoms with Crippen LogP contribution in [0.2, 0.25) is 0 Å². The highest BCUT2D eigenvalue weighted by atomic mass is 16.5. The number of ether oxygens (including phenoxy) is 1. The van der Waals surface area contributed by atoms with Crippen LogP contribution in [0.3, 0.4) is 0 Å². The van der Waals surface area contributed by atoms with E-state index in [0.717, 1.165) is 30.1 Å². The van der Waals surface area contributed by atoms with Crippen LogP contribution in [0.5, 0.6) is 5.75 Å². The molecule has 0 unspecified atom stereocenters. The predicted octanol–water partition coefficient (Wildman–Crippen LogP) is 2.44. The summed E-state index contributed by atoms with van der Waals surface area (Å²) in [6.07, 6.45) is 2.96. The Bertz CT molecular complexity index is 563. The largest absolute Gasteiger partial charge is 0.491 e. The second-order valence-electron chi connectivity index (χ2n) is 5.11. The standard InChI is InChI=1S/C15H22N4O/c1-11(2)20-15-9-12(16)8-14(10-15)17-6-4-13-5-7-19(3)18-13/h5,7-11,17H,4,6,16H2,1-3H3. The van der Waals surface area contributed by atoms with E-state index in [1.165, 1.54) is 0 Å². The summed E-state index contributed by atoms with van der Waals surface area (Å²) in [5.41, 5.74) is 8.62. The maximum absolute atomic E-state index is 5.89. The highest BCUT2D eigenvalue weighted by Crippen LogP contribution is 2.23. The third-order valence-electron chi connectivity index (χ3n) is 2.78. The summed E-state index contributed by atoms with van der Waals surface area (Å²) in [6, 6.07) is 7.73. The molecule has 1 heterocycles. The normalized spacial score (nSPS) is 10.8. The van der Waals surface area contributed by atoms with E-state index in [1.54, 1.807) is 0 Å². The van der Waals surface area contributed by atoms with Gasteiger partial charge in [0, 0.05) is 49.7 Å². The van der Waals surface area contributed by atoms with Crippen molar-refractivity contribution in [2.45, 2.75) is 26.4 Å². The molecule has 1 aromatic heterocycles. The van der Waals surface area contributed by atoms with E-state index in [2.05, 4.69) is 10.4 Å². The maximum atomic E-state index is 5.89. The zero-order valence-corrected chi connectivity index (χ0v) is 12.3. The lowest BCUT2D eigenvalue weighted by Gasteiger charge is -2.13. The average molecular weight is 274 g/mol. The molecular formula is C15H22N4O. The number of nitrogens with one attached hydrogen (secondary N) is 1. The first-order chi connectivity index (χ1) is 9.52. The van der Waals surface area contributed by atoms with Crippen molar-refractivity contribution >= 4 is 11.4 Å². The number of benzene rings is 1. The van der Waals surface area contributed by atoms with E-state index >= 15 is 0 Å². The first kappa shape index (κ1) is 14.2. The van der Waals surface area contributed by atoms with Gasteiger partial charge in [-0.1, -0.05) is 0 Å². The van der Waals surface area contributed by atoms with E-state index in [9.17, 15) is 0 Å². The minimum absolute atomic E-state index is 0.137. The smallest absolute Gasteiger partial charge is 0.123 e. The van der Waals surface area contributed by atoms with Crippen molar-refractivity contribution in [2.75, 3.05) is 17.6 Å². The molecular weight excluding hydrogens is 252 g/mol. The second kappa shape index (κ2) is 6.32. The van der Waals surface area contributed by atoms with Gasteiger partial charge in [-0.15, -0.1) is 0 Å². The molecule has 108 valence electrons. The Morgan fingerprint density at radius 1 is 1.35 bits per heavy atom. The highest BCUT2D eigenvalue weighted by molar-refractivity contribution is 5.59. The third kappa shape index (κ3) is 4.19. The summed E-state index contributed by atoms with van der Waals surface area (Å²) >= 11 is 0. The van der Waals surface area contributed by atoms with Gasteiger partial charge in [0.2, 0.25) is 0 Å². The van der Waals surface area contributed by atoms with Crippen LogP contribution in [0.4, 0.5) is 11.4 Å². The molecule has 0 spiro atoms. The lowest BCUT2D eigenvalue weighted by atomic mass is 10.2. The fraction of sp³-hybridized carbons (Fsp3) is 0.400. The van der Waals surface area contributed by atoms with Gasteiger partial charge < -0.3 is 15.8 Å². The summed E-state index contributed by atoms with van der Waals surface area (Å²) in [5, 5.41) is 7.69. The van der Waals surface area contributed by atoms with E-state index in [0.29, 0.717) is 5.69 Å². The summed E-state index contributed by atoms with van der Waals surface area (Å²) in [5.74, 6) is 0.792. The topological polar surface area (TPSA) is 65.1 Å². The first-order valence-corrected chi connectivity index (χ1v) is 6.82. The lowest BCUT2D eigenvalue weighted by molar-refractivity contribution is 0.242. The molecule has 0 aliphatic rings. The maximum Gasteiger partial charge on any atom is 0.123 e. The van der Waals surface area contributed by atoms with Gasteiger partial charge in [0.1, 0.15) is 5.75 Å². The first-order valence-electron chi connectivity index (χ1n) is 6.82. The molecule has 0 fully saturated rings. The summed E-state index contributed by atoms with van der Waals surface area (Å²) in [4.78, 5) is 0. The second-order valence-corrected chi connectivity index (χ2v) is 5.11. The minimum Gasteiger partial charge on any atom is -0.491 e. The van der Waals surface area contributed by atoms with Gasteiger partial charge in [-0.25, -0.2) is 0 Å². The van der Waals surface area contributed by atoms with E-state index in [-0.39, 0.29) is 6.10 Å². The Balaban J connectivity index is 1.93. The number of aryl methyl sites for hydroxylation is 1. The lowest BCUT2D eigenvalue weighted by Crippen LogP contribution is -2.08. The average Bonchev–Trinajstić information content (AvgIpc) is 2.73. The fourth-order valence-corrected chi connectivity index (χ4v) is 2.00. The van der Waals surface area contributed by atoms with Gasteiger partial charge in [0.05, 0.1) is 11.8 Å². The number of rotatable bonds is 6. The van der Waals surface area contributed by atoms with Crippen molar-refractivity contribution in [1.82, 2.24) is 9.78 Å². The van der Waals surface area contributed by atoms with Crippen molar-refractivity contribution < 1.29 is 4.74 Å². The molecule has 5 heteroatoms. The zero-order chi connectivity index (χ0) is 14.5. The van der Waals surface area contributed by atoms with Gasteiger partial charge in [0.25, 0.3) is 0 Å². The van der Waals surface area contributed by atoms with E-state index in [1.807, 2.05) is 56.0 Å². The Hall–Kier alpha value is -2.17. The fourth-order valence-electron chi connectivity index (χ4n) is 2.00. The number of hydrogen-bond donors (Lipinski definition) is 2. The highest BCUT2D eigenvalue weighted by Gasteiger charge is 2.03. The van der Waals surface area contributed by atoms with E-state index in [4.69, 9.17) is 10.5 Å². The van der Waals surface area contributed by atoms with Crippen LogP contribution in [0.15, 0.2) is 30.5 Å². The molecule has 0 aliphatic carbocycles. The quantitative estimate of drug-likeness (QED) is 0.794. The number of nitrogens with zero attached hydrogens (tertiary/aromatic N) is 2. The molecule has 2 aromatic rings. The summed E-state index contributed by atoms with van der Waals surface area (Å²) in [6.45, 7) is 4.80. The molecule has 0 saturated heterocycles. The Kier molecular flexibility index (Phi) is 4.50. The molecule has 1 aromatic carbocycles. The molecule has 0 radical (unpaired) electrons.